The van der Waals surface area contributed by atoms with Crippen LogP contribution in [0.25, 0.3) is 0 Å². The summed E-state index contributed by atoms with van der Waals surface area (Å²) in [5, 5.41) is 2.25. The van der Waals surface area contributed by atoms with Crippen molar-refractivity contribution in [2.45, 2.75) is 0 Å². The van der Waals surface area contributed by atoms with E-state index in [-0.39, 0.29) is 16.1 Å². The number of hydrogen-bond acceptors (Lipinski definition) is 4. The summed E-state index contributed by atoms with van der Waals surface area (Å²) in [5.74, 6) is -3.12. The minimum Gasteiger partial charge on any atom is -0.396 e. The molecule has 104 valence electrons. The van der Waals surface area contributed by atoms with Crippen LogP contribution in [0, 0.1) is 11.6 Å². The summed E-state index contributed by atoms with van der Waals surface area (Å²) in [5.41, 5.74) is 4.21. The third-order valence-electron chi connectivity index (χ3n) is 2.28. The maximum Gasteiger partial charge on any atom is 0.262 e. The first-order chi connectivity index (χ1) is 9.40. The highest BCUT2D eigenvalue weighted by atomic mass is 79.9. The molecule has 0 aliphatic carbocycles. The zero-order valence-corrected chi connectivity index (χ0v) is 12.8. The van der Waals surface area contributed by atoms with E-state index in [1.165, 1.54) is 6.20 Å². The first kappa shape index (κ1) is 14.8. The SMILES string of the molecule is Nc1ccc(F)c(C(=O)Nc2ncc(Br)nc2Br)c1F. The molecule has 1 amide bonds. The molecule has 5 nitrogen and oxygen atoms in total. The Morgan fingerprint density at radius 1 is 1.30 bits per heavy atom. The average Bonchev–Trinajstić information content (AvgIpc) is 2.38. The van der Waals surface area contributed by atoms with Crippen molar-refractivity contribution >= 4 is 49.3 Å². The van der Waals surface area contributed by atoms with Crippen molar-refractivity contribution in [3.63, 3.8) is 0 Å². The number of nitrogens with two attached hydrogens (primary N) is 1. The predicted molar refractivity (Wildman–Crippen MR) is 76.2 cm³/mol. The highest BCUT2D eigenvalue weighted by Gasteiger charge is 2.21. The number of nitrogens with one attached hydrogen (secondary N) is 1. The summed E-state index contributed by atoms with van der Waals surface area (Å²) in [4.78, 5) is 19.7. The summed E-state index contributed by atoms with van der Waals surface area (Å²) in [7, 11) is 0. The van der Waals surface area contributed by atoms with Crippen molar-refractivity contribution in [1.82, 2.24) is 9.97 Å². The van der Waals surface area contributed by atoms with Gasteiger partial charge in [0.1, 0.15) is 20.6 Å². The fourth-order valence-corrected chi connectivity index (χ4v) is 2.29. The Kier molecular flexibility index (Phi) is 4.29. The lowest BCUT2D eigenvalue weighted by Crippen LogP contribution is -2.18. The number of nitrogens with zero attached hydrogens (tertiary/aromatic N) is 2. The third kappa shape index (κ3) is 2.93. The topological polar surface area (TPSA) is 80.9 Å². The van der Waals surface area contributed by atoms with Crippen LogP contribution >= 0.6 is 31.9 Å². The van der Waals surface area contributed by atoms with E-state index in [0.29, 0.717) is 4.60 Å². The number of halogens is 4. The molecule has 0 bridgehead atoms. The number of amides is 1. The molecular formula is C11H6Br2F2N4O. The van der Waals surface area contributed by atoms with Gasteiger partial charge in [0.2, 0.25) is 0 Å². The monoisotopic (exact) mass is 406 g/mol. The van der Waals surface area contributed by atoms with Gasteiger partial charge in [-0.2, -0.15) is 0 Å². The molecule has 1 heterocycles. The molecular weight excluding hydrogens is 402 g/mol. The van der Waals surface area contributed by atoms with E-state index >= 15 is 0 Å². The van der Waals surface area contributed by atoms with E-state index in [4.69, 9.17) is 5.73 Å². The summed E-state index contributed by atoms with van der Waals surface area (Å²) >= 11 is 6.16. The van der Waals surface area contributed by atoms with Gasteiger partial charge in [0, 0.05) is 0 Å². The second-order valence-electron chi connectivity index (χ2n) is 3.61. The lowest BCUT2D eigenvalue weighted by molar-refractivity contribution is 0.101. The fraction of sp³-hybridized carbons (Fsp3) is 0. The second-order valence-corrected chi connectivity index (χ2v) is 5.18. The van der Waals surface area contributed by atoms with E-state index in [9.17, 15) is 13.6 Å². The lowest BCUT2D eigenvalue weighted by atomic mass is 10.1. The molecule has 9 heteroatoms. The molecule has 1 aromatic heterocycles. The van der Waals surface area contributed by atoms with Gasteiger partial charge in [0.15, 0.2) is 11.6 Å². The molecule has 2 aromatic rings. The number of aromatic nitrogens is 2. The number of anilines is 2. The molecule has 2 rings (SSSR count). The molecule has 3 N–H and O–H groups in total. The van der Waals surface area contributed by atoms with Gasteiger partial charge in [-0.1, -0.05) is 0 Å². The van der Waals surface area contributed by atoms with Gasteiger partial charge in [-0.05, 0) is 44.0 Å². The Morgan fingerprint density at radius 2 is 2.00 bits per heavy atom. The van der Waals surface area contributed by atoms with Crippen molar-refractivity contribution in [1.29, 1.82) is 0 Å². The Bertz CT molecular complexity index is 696. The molecule has 20 heavy (non-hydrogen) atoms. The largest absolute Gasteiger partial charge is 0.396 e. The molecule has 0 atom stereocenters. The average molecular weight is 408 g/mol. The van der Waals surface area contributed by atoms with E-state index in [0.717, 1.165) is 12.1 Å². The number of benzene rings is 1. The van der Waals surface area contributed by atoms with Crippen LogP contribution in [0.3, 0.4) is 0 Å². The number of nitrogen functional groups attached to an aromatic ring is 1. The second kappa shape index (κ2) is 5.80. The van der Waals surface area contributed by atoms with Crippen LogP contribution in [0.2, 0.25) is 0 Å². The van der Waals surface area contributed by atoms with Gasteiger partial charge in [0.25, 0.3) is 5.91 Å². The van der Waals surface area contributed by atoms with E-state index < -0.39 is 23.1 Å². The number of carbonyl (C=O) groups is 1. The van der Waals surface area contributed by atoms with Crippen molar-refractivity contribution in [2.75, 3.05) is 11.1 Å². The smallest absolute Gasteiger partial charge is 0.262 e. The zero-order chi connectivity index (χ0) is 14.9. The summed E-state index contributed by atoms with van der Waals surface area (Å²) < 4.78 is 27.9. The Hall–Kier alpha value is -1.61. The van der Waals surface area contributed by atoms with Crippen LogP contribution in [-0.4, -0.2) is 15.9 Å². The van der Waals surface area contributed by atoms with Crippen LogP contribution in [0.5, 0.6) is 0 Å². The van der Waals surface area contributed by atoms with Crippen LogP contribution < -0.4 is 11.1 Å². The minimum atomic E-state index is -1.12. The van der Waals surface area contributed by atoms with Crippen LogP contribution in [0.4, 0.5) is 20.3 Å². The lowest BCUT2D eigenvalue weighted by Gasteiger charge is -2.08. The van der Waals surface area contributed by atoms with E-state index in [1.807, 2.05) is 0 Å². The maximum absolute atomic E-state index is 13.7. The molecule has 0 spiro atoms. The fourth-order valence-electron chi connectivity index (χ4n) is 1.38. The van der Waals surface area contributed by atoms with Gasteiger partial charge in [-0.15, -0.1) is 0 Å². The minimum absolute atomic E-state index is 0.0272. The van der Waals surface area contributed by atoms with Gasteiger partial charge in [-0.3, -0.25) is 4.79 Å². The first-order valence-corrected chi connectivity index (χ1v) is 6.71. The van der Waals surface area contributed by atoms with Gasteiger partial charge in [0.05, 0.1) is 11.9 Å². The number of hydrogen-bond donors (Lipinski definition) is 2. The summed E-state index contributed by atoms with van der Waals surface area (Å²) in [6, 6.07) is 1.95. The summed E-state index contributed by atoms with van der Waals surface area (Å²) in [6.45, 7) is 0. The van der Waals surface area contributed by atoms with Crippen LogP contribution in [-0.2, 0) is 0 Å². The van der Waals surface area contributed by atoms with E-state index in [1.54, 1.807) is 0 Å². The molecule has 0 unspecified atom stereocenters. The zero-order valence-electron chi connectivity index (χ0n) is 9.62. The molecule has 0 aliphatic heterocycles. The first-order valence-electron chi connectivity index (χ1n) is 5.13. The van der Waals surface area contributed by atoms with Crippen molar-refractivity contribution < 1.29 is 13.6 Å². The van der Waals surface area contributed by atoms with Gasteiger partial charge < -0.3 is 11.1 Å². The Morgan fingerprint density at radius 3 is 2.65 bits per heavy atom. The predicted octanol–water partition coefficient (Wildman–Crippen LogP) is 3.11. The van der Waals surface area contributed by atoms with Crippen LogP contribution in [0.15, 0.2) is 27.5 Å². The maximum atomic E-state index is 13.7. The number of carbonyl (C=O) groups excluding carboxylic acids is 1. The highest BCUT2D eigenvalue weighted by Crippen LogP contribution is 2.23. The molecule has 0 fully saturated rings. The molecule has 0 radical (unpaired) electrons. The van der Waals surface area contributed by atoms with Crippen LogP contribution in [0.1, 0.15) is 10.4 Å². The molecule has 1 aromatic carbocycles. The van der Waals surface area contributed by atoms with E-state index in [2.05, 4.69) is 47.1 Å². The Labute approximate surface area is 128 Å². The molecule has 0 saturated carbocycles. The molecule has 0 saturated heterocycles. The Balaban J connectivity index is 2.36. The van der Waals surface area contributed by atoms with Gasteiger partial charge >= 0.3 is 0 Å². The van der Waals surface area contributed by atoms with Crippen molar-refractivity contribution in [3.05, 3.63) is 44.7 Å². The summed E-state index contributed by atoms with van der Waals surface area (Å²) in [6.07, 6.45) is 1.33. The number of rotatable bonds is 2. The standard InChI is InChI=1S/C11H6Br2F2N4O/c12-6-3-17-10(9(13)18-6)19-11(20)7-4(14)1-2-5(16)8(7)15/h1-3H,16H2,(H,17,19,20). The molecule has 0 aliphatic rings. The third-order valence-corrected chi connectivity index (χ3v) is 3.22. The van der Waals surface area contributed by atoms with Crippen molar-refractivity contribution in [3.8, 4) is 0 Å². The van der Waals surface area contributed by atoms with Gasteiger partial charge in [-0.25, -0.2) is 18.7 Å². The van der Waals surface area contributed by atoms with Crippen molar-refractivity contribution in [2.24, 2.45) is 0 Å². The quantitative estimate of drug-likeness (QED) is 0.749. The highest BCUT2D eigenvalue weighted by molar-refractivity contribution is 9.11. The normalized spacial score (nSPS) is 10.4.